The first-order valence-electron chi connectivity index (χ1n) is 28.4. The Bertz CT molecular complexity index is 3390. The highest BCUT2D eigenvalue weighted by atomic mass is 16.5. The Hall–Kier alpha value is -7.24. The highest BCUT2D eigenvalue weighted by Gasteiger charge is 2.24. The largest absolute Gasteiger partial charge is 0.493 e. The number of nitrogens with one attached hydrogen (secondary N) is 2. The van der Waals surface area contributed by atoms with Gasteiger partial charge in [-0.05, 0) is 212 Å². The molecule has 2 saturated heterocycles. The summed E-state index contributed by atoms with van der Waals surface area (Å²) in [4.78, 5) is 64.3. The number of carbonyl (C=O) groups excluding carboxylic acids is 2. The molecule has 16 nitrogen and oxygen atoms in total. The topological polar surface area (TPSA) is 168 Å². The molecule has 2 aromatic heterocycles. The summed E-state index contributed by atoms with van der Waals surface area (Å²) in [6, 6.07) is 19.8. The molecule has 0 radical (unpaired) electrons. The fourth-order valence-corrected chi connectivity index (χ4v) is 10.2. The number of amides is 2. The fourth-order valence-electron chi connectivity index (χ4n) is 10.2. The van der Waals surface area contributed by atoms with Crippen LogP contribution in [0.5, 0.6) is 23.0 Å². The predicted molar refractivity (Wildman–Crippen MR) is 323 cm³/mol. The Morgan fingerprint density at radius 3 is 1.63 bits per heavy atom. The van der Waals surface area contributed by atoms with Crippen LogP contribution in [0.3, 0.4) is 0 Å². The summed E-state index contributed by atoms with van der Waals surface area (Å²) in [5.41, 5.74) is 6.21. The summed E-state index contributed by atoms with van der Waals surface area (Å²) in [6.45, 7) is 16.1. The molecule has 2 amide bonds. The van der Waals surface area contributed by atoms with Crippen LogP contribution in [0.15, 0.2) is 108 Å². The molecule has 2 N–H and O–H groups in total. The Morgan fingerprint density at radius 1 is 0.605 bits per heavy atom. The van der Waals surface area contributed by atoms with Crippen molar-refractivity contribution in [1.29, 1.82) is 0 Å². The number of likely N-dealkylation sites (tertiary alicyclic amines) is 2. The van der Waals surface area contributed by atoms with Gasteiger partial charge >= 0.3 is 11.3 Å². The van der Waals surface area contributed by atoms with E-state index in [-0.39, 0.29) is 23.6 Å². The van der Waals surface area contributed by atoms with Crippen LogP contribution in [0, 0.1) is 13.8 Å². The molecule has 432 valence electrons. The number of ether oxygens (including phenoxy) is 4. The first kappa shape index (κ1) is 59.9. The van der Waals surface area contributed by atoms with Crippen LogP contribution in [0.4, 0.5) is 11.4 Å². The number of nitrogens with zero attached hydrogens (tertiary/aromatic N) is 4. The van der Waals surface area contributed by atoms with Gasteiger partial charge in [-0.15, -0.1) is 0 Å². The normalized spacial score (nSPS) is 14.9. The maximum Gasteiger partial charge on any atom is 0.360 e. The number of fused-ring (bicyclic) bond motifs is 2. The maximum atomic E-state index is 14.4. The van der Waals surface area contributed by atoms with Gasteiger partial charge in [0, 0.05) is 72.3 Å². The van der Waals surface area contributed by atoms with Gasteiger partial charge in [-0.25, -0.2) is 9.59 Å². The average molecular weight is 1110 g/mol. The number of aryl methyl sites for hydroxylation is 2. The Labute approximate surface area is 476 Å². The van der Waals surface area contributed by atoms with Gasteiger partial charge in [0.05, 0.1) is 6.61 Å². The van der Waals surface area contributed by atoms with Crippen molar-refractivity contribution in [3.63, 3.8) is 0 Å². The monoisotopic (exact) mass is 1110 g/mol. The van der Waals surface area contributed by atoms with Crippen LogP contribution in [-0.4, -0.2) is 138 Å². The van der Waals surface area contributed by atoms with Crippen LogP contribution in [0.1, 0.15) is 101 Å². The highest BCUT2D eigenvalue weighted by molar-refractivity contribution is 6.06. The third-order valence-electron chi connectivity index (χ3n) is 15.1. The summed E-state index contributed by atoms with van der Waals surface area (Å²) >= 11 is 0. The lowest BCUT2D eigenvalue weighted by Gasteiger charge is -2.29. The summed E-state index contributed by atoms with van der Waals surface area (Å²) in [6.07, 6.45) is 10.1. The zero-order valence-electron chi connectivity index (χ0n) is 49.3. The van der Waals surface area contributed by atoms with Crippen molar-refractivity contribution in [3.05, 3.63) is 150 Å². The molecular weight excluding hydrogens is 1020 g/mol. The molecule has 0 spiro atoms. The minimum absolute atomic E-state index is 0.0269. The number of anilines is 2. The molecule has 2 aliphatic heterocycles. The van der Waals surface area contributed by atoms with E-state index in [1.165, 1.54) is 0 Å². The quantitative estimate of drug-likeness (QED) is 0.0353. The third-order valence-corrected chi connectivity index (χ3v) is 15.1. The van der Waals surface area contributed by atoms with Crippen LogP contribution < -0.4 is 40.8 Å². The molecule has 6 aromatic rings. The lowest BCUT2D eigenvalue weighted by Crippen LogP contribution is -2.35. The number of hydrogen-bond donors (Lipinski definition) is 2. The van der Waals surface area contributed by atoms with E-state index in [1.54, 1.807) is 30.3 Å². The summed E-state index contributed by atoms with van der Waals surface area (Å²) in [7, 11) is 12.2. The van der Waals surface area contributed by atoms with Gasteiger partial charge in [-0.2, -0.15) is 0 Å². The summed E-state index contributed by atoms with van der Waals surface area (Å²) in [5, 5.41) is 7.02. The molecule has 0 bridgehead atoms. The van der Waals surface area contributed by atoms with E-state index in [9.17, 15) is 19.2 Å². The molecule has 2 aliphatic rings. The van der Waals surface area contributed by atoms with Gasteiger partial charge in [0.15, 0.2) is 0 Å². The maximum absolute atomic E-state index is 14.4. The second-order valence-corrected chi connectivity index (χ2v) is 22.8. The third kappa shape index (κ3) is 16.0. The van der Waals surface area contributed by atoms with Crippen molar-refractivity contribution in [1.82, 2.24) is 19.6 Å². The first-order valence-corrected chi connectivity index (χ1v) is 28.4. The van der Waals surface area contributed by atoms with Crippen LogP contribution in [-0.2, 0) is 19.3 Å². The van der Waals surface area contributed by atoms with Crippen molar-refractivity contribution in [2.45, 2.75) is 98.2 Å². The zero-order chi connectivity index (χ0) is 57.9. The number of allylic oxidation sites excluding steroid dienone is 4. The Morgan fingerprint density at radius 2 is 1.10 bits per heavy atom. The van der Waals surface area contributed by atoms with E-state index < -0.39 is 23.1 Å². The lowest BCUT2D eigenvalue weighted by molar-refractivity contribution is 0.101. The minimum atomic E-state index is -0.664. The number of hydrogen-bond acceptors (Lipinski definition) is 14. The van der Waals surface area contributed by atoms with E-state index >= 15 is 0 Å². The van der Waals surface area contributed by atoms with Crippen molar-refractivity contribution < 1.29 is 37.4 Å². The molecular formula is C65H82N6O10. The fraction of sp³-hybridized carbons (Fsp3) is 0.446. The number of piperidine rings is 2. The van der Waals surface area contributed by atoms with Crippen LogP contribution in [0.25, 0.3) is 21.9 Å². The second-order valence-electron chi connectivity index (χ2n) is 22.8. The smallest absolute Gasteiger partial charge is 0.360 e. The SMILES string of the molecule is CC(C)=CCc1cc(C(=O)Nc2cc3ccc(OC4CCN(C)CC4)c(C)c3oc2=O)cc(C/C(C)=C/Cc2cc(C(=O)Nc3cc4ccc(OC5CCN(C)CC5)c(C)c4oc3=O)ccc2OCCCN(C)C)c1OCCN(C)C. The standard InChI is InChI=1S/C65H82N6O10/c1-41(2)13-15-46-37-51(63(73)67-55-40-48-18-21-57(44(5)60(48)81-65(55)75)79-53-25-30-71(11)31-26-53)38-50(61(46)77-34-32-69(8)9)35-42(3)14-16-45-36-49(19-22-58(45)76-33-12-27-68(6)7)62(72)66-54-39-47-17-20-56(43(4)59(47)80-64(54)74)78-52-23-28-70(10)29-24-52/h13-14,17-22,36-40,52-53H,12,15-16,23-35H2,1-11H3,(H,66,72)(H,67,73)/b42-14+. The Balaban J connectivity index is 1.05. The van der Waals surface area contributed by atoms with Gasteiger partial charge in [0.2, 0.25) is 0 Å². The van der Waals surface area contributed by atoms with Gasteiger partial charge in [0.25, 0.3) is 11.8 Å². The van der Waals surface area contributed by atoms with E-state index in [1.807, 2.05) is 99.2 Å². The van der Waals surface area contributed by atoms with E-state index in [0.29, 0.717) is 95.1 Å². The number of rotatable bonds is 23. The molecule has 0 atom stereocenters. The molecule has 16 heteroatoms. The van der Waals surface area contributed by atoms with Gasteiger partial charge in [-0.1, -0.05) is 23.3 Å². The summed E-state index contributed by atoms with van der Waals surface area (Å²) < 4.78 is 37.5. The second kappa shape index (κ2) is 27.5. The Kier molecular flexibility index (Phi) is 20.3. The first-order chi connectivity index (χ1) is 38.8. The van der Waals surface area contributed by atoms with E-state index in [4.69, 9.17) is 27.8 Å². The molecule has 0 unspecified atom stereocenters. The summed E-state index contributed by atoms with van der Waals surface area (Å²) in [5.74, 6) is 1.75. The van der Waals surface area contributed by atoms with Gasteiger partial charge < -0.3 is 58.0 Å². The molecule has 81 heavy (non-hydrogen) atoms. The number of carbonyl (C=O) groups is 2. The number of benzene rings is 4. The van der Waals surface area contributed by atoms with E-state index in [2.05, 4.69) is 56.5 Å². The minimum Gasteiger partial charge on any atom is -0.493 e. The van der Waals surface area contributed by atoms with Crippen molar-refractivity contribution in [2.24, 2.45) is 0 Å². The zero-order valence-corrected chi connectivity index (χ0v) is 49.3. The average Bonchev–Trinajstić information content (AvgIpc) is 3.63. The molecule has 0 saturated carbocycles. The van der Waals surface area contributed by atoms with Crippen LogP contribution >= 0.6 is 0 Å². The molecule has 0 aliphatic carbocycles. The van der Waals surface area contributed by atoms with Crippen molar-refractivity contribution >= 4 is 45.1 Å². The molecule has 4 heterocycles. The number of likely N-dealkylation sites (N-methyl/N-ethyl adjacent to an activating group) is 1. The molecule has 8 rings (SSSR count). The van der Waals surface area contributed by atoms with Gasteiger partial charge in [-0.3, -0.25) is 9.59 Å². The van der Waals surface area contributed by atoms with Crippen LogP contribution in [0.2, 0.25) is 0 Å². The molecule has 4 aromatic carbocycles. The van der Waals surface area contributed by atoms with Crippen molar-refractivity contribution in [2.75, 3.05) is 105 Å². The van der Waals surface area contributed by atoms with E-state index in [0.717, 1.165) is 104 Å². The molecule has 2 fully saturated rings. The van der Waals surface area contributed by atoms with Crippen molar-refractivity contribution in [3.8, 4) is 23.0 Å². The lowest BCUT2D eigenvalue weighted by atomic mass is 9.95. The van der Waals surface area contributed by atoms with Gasteiger partial charge in [0.1, 0.15) is 64.4 Å². The highest BCUT2D eigenvalue weighted by Crippen LogP contribution is 2.34. The predicted octanol–water partition coefficient (Wildman–Crippen LogP) is 10.5.